The molecular weight excluding hydrogens is 230 g/mol. The summed E-state index contributed by atoms with van der Waals surface area (Å²) in [7, 11) is 1.96. The van der Waals surface area contributed by atoms with Gasteiger partial charge in [-0.2, -0.15) is 5.10 Å². The summed E-state index contributed by atoms with van der Waals surface area (Å²) in [6, 6.07) is 0. The van der Waals surface area contributed by atoms with Crippen molar-refractivity contribution in [3.63, 3.8) is 0 Å². The van der Waals surface area contributed by atoms with Gasteiger partial charge in [-0.15, -0.1) is 0 Å². The summed E-state index contributed by atoms with van der Waals surface area (Å²) in [5.41, 5.74) is 0. The molecule has 0 radical (unpaired) electrons. The van der Waals surface area contributed by atoms with E-state index in [9.17, 15) is 0 Å². The molecule has 0 atom stereocenters. The molecule has 2 heterocycles. The van der Waals surface area contributed by atoms with E-state index in [0.717, 1.165) is 23.4 Å². The molecule has 13 heavy (non-hydrogen) atoms. The Morgan fingerprint density at radius 3 is 2.54 bits per heavy atom. The number of rotatable bonds is 1. The van der Waals surface area contributed by atoms with Gasteiger partial charge in [-0.3, -0.25) is 4.68 Å². The van der Waals surface area contributed by atoms with Crippen LogP contribution in [0.25, 0.3) is 0 Å². The predicted molar refractivity (Wildman–Crippen MR) is 57.0 cm³/mol. The minimum Gasteiger partial charge on any atom is -0.354 e. The average molecular weight is 244 g/mol. The van der Waals surface area contributed by atoms with Gasteiger partial charge in [0.05, 0.1) is 4.47 Å². The van der Waals surface area contributed by atoms with E-state index in [1.54, 1.807) is 0 Å². The molecule has 1 saturated heterocycles. The lowest BCUT2D eigenvalue weighted by Gasteiger charge is -2.26. The van der Waals surface area contributed by atoms with Crippen LogP contribution in [-0.4, -0.2) is 22.9 Å². The van der Waals surface area contributed by atoms with Gasteiger partial charge >= 0.3 is 0 Å². The van der Waals surface area contributed by atoms with Gasteiger partial charge in [-0.05, 0) is 35.2 Å². The number of piperidine rings is 1. The van der Waals surface area contributed by atoms with E-state index < -0.39 is 0 Å². The summed E-state index contributed by atoms with van der Waals surface area (Å²) >= 11 is 3.53. The molecule has 1 fully saturated rings. The van der Waals surface area contributed by atoms with Gasteiger partial charge < -0.3 is 4.90 Å². The van der Waals surface area contributed by atoms with Crippen molar-refractivity contribution >= 4 is 21.7 Å². The van der Waals surface area contributed by atoms with Crippen LogP contribution in [0.5, 0.6) is 0 Å². The van der Waals surface area contributed by atoms with Gasteiger partial charge in [-0.25, -0.2) is 0 Å². The standard InChI is InChI=1S/C9H14BrN3/c1-12-7-8(10)9(11-12)13-5-3-2-4-6-13/h7H,2-6H2,1H3. The minimum absolute atomic E-state index is 1.10. The lowest BCUT2D eigenvalue weighted by molar-refractivity contribution is 0.569. The fourth-order valence-corrected chi connectivity index (χ4v) is 2.39. The molecule has 1 aromatic rings. The van der Waals surface area contributed by atoms with E-state index in [1.165, 1.54) is 19.3 Å². The molecule has 0 unspecified atom stereocenters. The molecule has 1 aliphatic heterocycles. The molecule has 0 saturated carbocycles. The van der Waals surface area contributed by atoms with Gasteiger partial charge in [0, 0.05) is 26.3 Å². The summed E-state index contributed by atoms with van der Waals surface area (Å²) in [5, 5.41) is 4.43. The Labute approximate surface area is 86.8 Å². The van der Waals surface area contributed by atoms with Gasteiger partial charge in [-0.1, -0.05) is 0 Å². The molecule has 0 spiro atoms. The molecule has 0 bridgehead atoms. The quantitative estimate of drug-likeness (QED) is 0.754. The topological polar surface area (TPSA) is 21.1 Å². The van der Waals surface area contributed by atoms with Crippen molar-refractivity contribution in [3.05, 3.63) is 10.7 Å². The monoisotopic (exact) mass is 243 g/mol. The zero-order valence-corrected chi connectivity index (χ0v) is 9.42. The highest BCUT2D eigenvalue weighted by molar-refractivity contribution is 9.10. The summed E-state index contributed by atoms with van der Waals surface area (Å²) in [6.45, 7) is 2.30. The molecule has 1 aromatic heterocycles. The number of hydrogen-bond acceptors (Lipinski definition) is 2. The third-order valence-electron chi connectivity index (χ3n) is 2.42. The Hall–Kier alpha value is -0.510. The fraction of sp³-hybridized carbons (Fsp3) is 0.667. The smallest absolute Gasteiger partial charge is 0.164 e. The molecule has 3 nitrogen and oxygen atoms in total. The number of aromatic nitrogens is 2. The SMILES string of the molecule is Cn1cc(Br)c(N2CCCCC2)n1. The Bertz CT molecular complexity index is 289. The van der Waals surface area contributed by atoms with Crippen LogP contribution in [0.2, 0.25) is 0 Å². The summed E-state index contributed by atoms with van der Waals surface area (Å²) < 4.78 is 2.96. The summed E-state index contributed by atoms with van der Waals surface area (Å²) in [6.07, 6.45) is 5.96. The molecule has 0 aromatic carbocycles. The largest absolute Gasteiger partial charge is 0.354 e. The third-order valence-corrected chi connectivity index (χ3v) is 2.98. The van der Waals surface area contributed by atoms with E-state index in [2.05, 4.69) is 25.9 Å². The maximum atomic E-state index is 4.43. The Morgan fingerprint density at radius 2 is 2.00 bits per heavy atom. The Kier molecular flexibility index (Phi) is 2.58. The van der Waals surface area contributed by atoms with E-state index >= 15 is 0 Å². The lowest BCUT2D eigenvalue weighted by Crippen LogP contribution is -2.30. The molecule has 72 valence electrons. The molecular formula is C9H14BrN3. The van der Waals surface area contributed by atoms with Crippen LogP contribution in [0.1, 0.15) is 19.3 Å². The van der Waals surface area contributed by atoms with E-state index in [-0.39, 0.29) is 0 Å². The van der Waals surface area contributed by atoms with Crippen molar-refractivity contribution in [3.8, 4) is 0 Å². The zero-order valence-electron chi connectivity index (χ0n) is 7.83. The first-order chi connectivity index (χ1) is 6.27. The van der Waals surface area contributed by atoms with E-state index in [1.807, 2.05) is 17.9 Å². The highest BCUT2D eigenvalue weighted by Gasteiger charge is 2.16. The van der Waals surface area contributed by atoms with Crippen LogP contribution in [0.4, 0.5) is 5.82 Å². The summed E-state index contributed by atoms with van der Waals surface area (Å²) in [4.78, 5) is 2.35. The van der Waals surface area contributed by atoms with Crippen molar-refractivity contribution in [2.24, 2.45) is 7.05 Å². The third kappa shape index (κ3) is 1.88. The van der Waals surface area contributed by atoms with Crippen LogP contribution in [-0.2, 0) is 7.05 Å². The van der Waals surface area contributed by atoms with Crippen molar-refractivity contribution in [2.45, 2.75) is 19.3 Å². The Balaban J connectivity index is 2.18. The van der Waals surface area contributed by atoms with Crippen molar-refractivity contribution in [2.75, 3.05) is 18.0 Å². The van der Waals surface area contributed by atoms with Crippen molar-refractivity contribution < 1.29 is 0 Å². The zero-order chi connectivity index (χ0) is 9.26. The molecule has 0 amide bonds. The lowest BCUT2D eigenvalue weighted by atomic mass is 10.1. The van der Waals surface area contributed by atoms with E-state index in [4.69, 9.17) is 0 Å². The minimum atomic E-state index is 1.10. The van der Waals surface area contributed by atoms with Gasteiger partial charge in [0.25, 0.3) is 0 Å². The molecule has 4 heteroatoms. The van der Waals surface area contributed by atoms with Crippen molar-refractivity contribution in [1.29, 1.82) is 0 Å². The second-order valence-electron chi connectivity index (χ2n) is 3.52. The van der Waals surface area contributed by atoms with Gasteiger partial charge in [0.1, 0.15) is 0 Å². The summed E-state index contributed by atoms with van der Waals surface area (Å²) in [5.74, 6) is 1.10. The first-order valence-corrected chi connectivity index (χ1v) is 5.51. The highest BCUT2D eigenvalue weighted by Crippen LogP contribution is 2.26. The molecule has 0 aliphatic carbocycles. The van der Waals surface area contributed by atoms with Crippen LogP contribution >= 0.6 is 15.9 Å². The maximum absolute atomic E-state index is 4.43. The van der Waals surface area contributed by atoms with E-state index in [0.29, 0.717) is 0 Å². The number of halogens is 1. The average Bonchev–Trinajstić information content (AvgIpc) is 2.47. The van der Waals surface area contributed by atoms with Crippen molar-refractivity contribution in [1.82, 2.24) is 9.78 Å². The predicted octanol–water partition coefficient (Wildman–Crippen LogP) is 2.17. The first kappa shape index (κ1) is 9.06. The van der Waals surface area contributed by atoms with Crippen LogP contribution in [0, 0.1) is 0 Å². The second-order valence-corrected chi connectivity index (χ2v) is 4.38. The fourth-order valence-electron chi connectivity index (χ4n) is 1.77. The molecule has 1 aliphatic rings. The molecule has 2 rings (SSSR count). The number of hydrogen-bond donors (Lipinski definition) is 0. The van der Waals surface area contributed by atoms with Crippen LogP contribution < -0.4 is 4.90 Å². The highest BCUT2D eigenvalue weighted by atomic mass is 79.9. The number of aryl methyl sites for hydroxylation is 1. The van der Waals surface area contributed by atoms with Gasteiger partial charge in [0.2, 0.25) is 0 Å². The Morgan fingerprint density at radius 1 is 1.31 bits per heavy atom. The van der Waals surface area contributed by atoms with Crippen LogP contribution in [0.3, 0.4) is 0 Å². The first-order valence-electron chi connectivity index (χ1n) is 4.71. The normalized spacial score (nSPS) is 17.8. The van der Waals surface area contributed by atoms with Gasteiger partial charge in [0.15, 0.2) is 5.82 Å². The second kappa shape index (κ2) is 3.70. The number of anilines is 1. The number of nitrogens with zero attached hydrogens (tertiary/aromatic N) is 3. The maximum Gasteiger partial charge on any atom is 0.164 e. The molecule has 0 N–H and O–H groups in total. The van der Waals surface area contributed by atoms with Crippen LogP contribution in [0.15, 0.2) is 10.7 Å².